The fourth-order valence-corrected chi connectivity index (χ4v) is 6.96. The van der Waals surface area contributed by atoms with Crippen molar-refractivity contribution in [3.05, 3.63) is 18.2 Å². The molecular formula is C22H29N3O6S2. The van der Waals surface area contributed by atoms with E-state index >= 15 is 0 Å². The minimum Gasteiger partial charge on any atom is -0.493 e. The zero-order chi connectivity index (χ0) is 23.4. The van der Waals surface area contributed by atoms with Crippen molar-refractivity contribution in [1.29, 1.82) is 0 Å². The van der Waals surface area contributed by atoms with Crippen LogP contribution >= 0.6 is 11.8 Å². The molecule has 1 aliphatic carbocycles. The molecule has 1 aliphatic heterocycles. The first-order valence-electron chi connectivity index (χ1n) is 11.1. The van der Waals surface area contributed by atoms with Crippen LogP contribution < -0.4 is 9.47 Å². The Kier molecular flexibility index (Phi) is 7.48. The molecule has 9 nitrogen and oxygen atoms in total. The van der Waals surface area contributed by atoms with Crippen molar-refractivity contribution in [1.82, 2.24) is 15.1 Å². The highest BCUT2D eigenvalue weighted by Crippen LogP contribution is 2.33. The monoisotopic (exact) mass is 495 g/mol. The molecular weight excluding hydrogens is 466 g/mol. The number of thioether (sulfide) groups is 1. The lowest BCUT2D eigenvalue weighted by Crippen LogP contribution is -2.49. The number of ether oxygens (including phenoxy) is 2. The number of carbonyl (C=O) groups excluding carboxylic acids is 1. The lowest BCUT2D eigenvalue weighted by Gasteiger charge is -2.38. The van der Waals surface area contributed by atoms with Gasteiger partial charge in [0.1, 0.15) is 0 Å². The van der Waals surface area contributed by atoms with Gasteiger partial charge in [0, 0.05) is 17.6 Å². The number of sulfone groups is 1. The van der Waals surface area contributed by atoms with Crippen LogP contribution in [0.2, 0.25) is 0 Å². The van der Waals surface area contributed by atoms with Crippen LogP contribution in [0.15, 0.2) is 27.8 Å². The van der Waals surface area contributed by atoms with E-state index in [4.69, 9.17) is 13.9 Å². The molecule has 1 aromatic heterocycles. The van der Waals surface area contributed by atoms with E-state index in [1.165, 1.54) is 11.8 Å². The molecule has 180 valence electrons. The molecule has 1 amide bonds. The Morgan fingerprint density at radius 1 is 1.09 bits per heavy atom. The Morgan fingerprint density at radius 2 is 1.85 bits per heavy atom. The number of aromatic nitrogens is 2. The first-order chi connectivity index (χ1) is 15.9. The molecule has 2 heterocycles. The highest BCUT2D eigenvalue weighted by Gasteiger charge is 2.38. The van der Waals surface area contributed by atoms with E-state index in [2.05, 4.69) is 10.2 Å². The molecule has 1 saturated heterocycles. The standard InChI is InChI=1S/C22H29N3O6S2/c1-29-18-9-8-15(12-19(18)30-2)21-23-24-22(31-21)32-13-20(26)25(16-6-4-3-5-7-16)17-10-11-33(27,28)14-17/h8-9,12,16-17H,3-7,10-11,13-14H2,1-2H3. The first kappa shape index (κ1) is 23.9. The maximum absolute atomic E-state index is 13.2. The van der Waals surface area contributed by atoms with Gasteiger partial charge in [0.2, 0.25) is 11.8 Å². The minimum absolute atomic E-state index is 0.0594. The maximum Gasteiger partial charge on any atom is 0.277 e. The predicted octanol–water partition coefficient (Wildman–Crippen LogP) is 3.19. The third-order valence-electron chi connectivity index (χ3n) is 6.21. The summed E-state index contributed by atoms with van der Waals surface area (Å²) in [4.78, 5) is 15.1. The molecule has 2 aromatic rings. The fraction of sp³-hybridized carbons (Fsp3) is 0.591. The van der Waals surface area contributed by atoms with Gasteiger partial charge in [-0.05, 0) is 37.5 Å². The topological polar surface area (TPSA) is 112 Å². The Labute approximate surface area is 198 Å². The number of benzene rings is 1. The Morgan fingerprint density at radius 3 is 2.52 bits per heavy atom. The van der Waals surface area contributed by atoms with Gasteiger partial charge in [-0.1, -0.05) is 31.0 Å². The number of amides is 1. The summed E-state index contributed by atoms with van der Waals surface area (Å²) in [7, 11) is 0.0360. The second-order valence-electron chi connectivity index (χ2n) is 8.38. The number of methoxy groups -OCH3 is 2. The lowest BCUT2D eigenvalue weighted by atomic mass is 9.93. The van der Waals surface area contributed by atoms with Crippen LogP contribution in [-0.2, 0) is 14.6 Å². The average Bonchev–Trinajstić information content (AvgIpc) is 3.44. The van der Waals surface area contributed by atoms with E-state index < -0.39 is 9.84 Å². The van der Waals surface area contributed by atoms with E-state index in [-0.39, 0.29) is 40.5 Å². The molecule has 1 saturated carbocycles. The quantitative estimate of drug-likeness (QED) is 0.510. The Hall–Kier alpha value is -2.27. The van der Waals surface area contributed by atoms with Gasteiger partial charge in [0.15, 0.2) is 21.3 Å². The van der Waals surface area contributed by atoms with Gasteiger partial charge in [0.25, 0.3) is 5.22 Å². The average molecular weight is 496 g/mol. The molecule has 0 radical (unpaired) electrons. The Bertz CT molecular complexity index is 1080. The third kappa shape index (κ3) is 5.63. The summed E-state index contributed by atoms with van der Waals surface area (Å²) in [5.74, 6) is 1.73. The molecule has 0 bridgehead atoms. The minimum atomic E-state index is -3.08. The van der Waals surface area contributed by atoms with Gasteiger partial charge in [-0.2, -0.15) is 0 Å². The van der Waals surface area contributed by atoms with Gasteiger partial charge in [-0.15, -0.1) is 10.2 Å². The van der Waals surface area contributed by atoms with Crippen molar-refractivity contribution in [3.63, 3.8) is 0 Å². The van der Waals surface area contributed by atoms with Crippen molar-refractivity contribution in [2.45, 2.75) is 55.8 Å². The van der Waals surface area contributed by atoms with E-state index in [1.54, 1.807) is 32.4 Å². The molecule has 0 spiro atoms. The molecule has 0 N–H and O–H groups in total. The van der Waals surface area contributed by atoms with Gasteiger partial charge in [-0.3, -0.25) is 4.79 Å². The number of hydrogen-bond acceptors (Lipinski definition) is 9. The van der Waals surface area contributed by atoms with E-state index in [0.717, 1.165) is 32.1 Å². The molecule has 2 fully saturated rings. The van der Waals surface area contributed by atoms with Gasteiger partial charge in [-0.25, -0.2) is 8.42 Å². The summed E-state index contributed by atoms with van der Waals surface area (Å²) in [6, 6.07) is 5.16. The highest BCUT2D eigenvalue weighted by molar-refractivity contribution is 7.99. The summed E-state index contributed by atoms with van der Waals surface area (Å²) >= 11 is 1.18. The van der Waals surface area contributed by atoms with E-state index in [0.29, 0.717) is 29.4 Å². The van der Waals surface area contributed by atoms with Crippen LogP contribution in [0.25, 0.3) is 11.5 Å². The SMILES string of the molecule is COc1ccc(-c2nnc(SCC(=O)N(C3CCCCC3)C3CCS(=O)(=O)C3)o2)cc1OC. The summed E-state index contributed by atoms with van der Waals surface area (Å²) in [6.07, 6.45) is 5.67. The van der Waals surface area contributed by atoms with Crippen LogP contribution in [-0.4, -0.2) is 73.0 Å². The van der Waals surface area contributed by atoms with Crippen LogP contribution in [0.5, 0.6) is 11.5 Å². The molecule has 4 rings (SSSR count). The first-order valence-corrected chi connectivity index (χ1v) is 13.9. The second-order valence-corrected chi connectivity index (χ2v) is 11.5. The predicted molar refractivity (Wildman–Crippen MR) is 124 cm³/mol. The summed E-state index contributed by atoms with van der Waals surface area (Å²) < 4.78 is 40.4. The van der Waals surface area contributed by atoms with Crippen molar-refractivity contribution >= 4 is 27.5 Å². The van der Waals surface area contributed by atoms with Gasteiger partial charge >= 0.3 is 0 Å². The molecule has 1 atom stereocenters. The normalized spacial score (nSPS) is 20.5. The summed E-state index contributed by atoms with van der Waals surface area (Å²) in [5.41, 5.74) is 0.679. The summed E-state index contributed by atoms with van der Waals surface area (Å²) in [5, 5.41) is 8.44. The van der Waals surface area contributed by atoms with Crippen molar-refractivity contribution in [2.24, 2.45) is 0 Å². The number of hydrogen-bond donors (Lipinski definition) is 0. The van der Waals surface area contributed by atoms with Gasteiger partial charge < -0.3 is 18.8 Å². The number of carbonyl (C=O) groups is 1. The summed E-state index contributed by atoms with van der Waals surface area (Å²) in [6.45, 7) is 0. The van der Waals surface area contributed by atoms with Crippen LogP contribution in [0.4, 0.5) is 0 Å². The highest BCUT2D eigenvalue weighted by atomic mass is 32.2. The Balaban J connectivity index is 1.44. The molecule has 2 aliphatic rings. The smallest absolute Gasteiger partial charge is 0.277 e. The van der Waals surface area contributed by atoms with Crippen LogP contribution in [0.1, 0.15) is 38.5 Å². The second kappa shape index (κ2) is 10.3. The molecule has 1 aromatic carbocycles. The van der Waals surface area contributed by atoms with Crippen LogP contribution in [0.3, 0.4) is 0 Å². The molecule has 1 unspecified atom stereocenters. The lowest BCUT2D eigenvalue weighted by molar-refractivity contribution is -0.133. The number of rotatable bonds is 8. The van der Waals surface area contributed by atoms with Crippen molar-refractivity contribution < 1.29 is 27.1 Å². The third-order valence-corrected chi connectivity index (χ3v) is 8.77. The zero-order valence-corrected chi connectivity index (χ0v) is 20.5. The maximum atomic E-state index is 13.2. The van der Waals surface area contributed by atoms with Crippen molar-refractivity contribution in [2.75, 3.05) is 31.5 Å². The van der Waals surface area contributed by atoms with Gasteiger partial charge in [0.05, 0.1) is 31.5 Å². The van der Waals surface area contributed by atoms with Crippen LogP contribution in [0, 0.1) is 0 Å². The number of nitrogens with zero attached hydrogens (tertiary/aromatic N) is 3. The van der Waals surface area contributed by atoms with Crippen molar-refractivity contribution in [3.8, 4) is 23.0 Å². The molecule has 11 heteroatoms. The van der Waals surface area contributed by atoms with E-state index in [9.17, 15) is 13.2 Å². The zero-order valence-electron chi connectivity index (χ0n) is 18.9. The molecule has 33 heavy (non-hydrogen) atoms. The largest absolute Gasteiger partial charge is 0.493 e. The fourth-order valence-electron chi connectivity index (χ4n) is 4.61. The van der Waals surface area contributed by atoms with E-state index in [1.807, 2.05) is 4.90 Å².